The average molecular weight is 440 g/mol. The standard InChI is InChI=1S/C26H37N3O3/c30-26(23-9-11-25(12-10-23)29(31)32)24(17-27-13-19-1-2-20(14-27)4-3-19)18-28-15-21-5-6-22(16-28)8-7-21/h9-12,19-22,24H,1-8,13-18H2. The van der Waals surface area contributed by atoms with Crippen molar-refractivity contribution < 1.29 is 9.72 Å². The van der Waals surface area contributed by atoms with Crippen molar-refractivity contribution in [1.29, 1.82) is 0 Å². The monoisotopic (exact) mass is 439 g/mol. The van der Waals surface area contributed by atoms with Gasteiger partial charge in [-0.3, -0.25) is 14.9 Å². The van der Waals surface area contributed by atoms with Crippen molar-refractivity contribution in [2.45, 2.75) is 51.4 Å². The Kier molecular flexibility index (Phi) is 6.61. The first-order valence-corrected chi connectivity index (χ1v) is 12.8. The molecule has 0 radical (unpaired) electrons. The van der Waals surface area contributed by atoms with E-state index in [9.17, 15) is 14.9 Å². The van der Waals surface area contributed by atoms with Gasteiger partial charge in [-0.25, -0.2) is 0 Å². The van der Waals surface area contributed by atoms with Gasteiger partial charge >= 0.3 is 0 Å². The highest BCUT2D eigenvalue weighted by molar-refractivity contribution is 5.98. The number of rotatable bonds is 7. The second kappa shape index (κ2) is 9.60. The van der Waals surface area contributed by atoms with Gasteiger partial charge in [-0.05, 0) is 87.2 Å². The molecule has 6 fully saturated rings. The lowest BCUT2D eigenvalue weighted by Crippen LogP contribution is -2.43. The van der Waals surface area contributed by atoms with Crippen LogP contribution in [0.15, 0.2) is 24.3 Å². The van der Waals surface area contributed by atoms with Crippen molar-refractivity contribution in [1.82, 2.24) is 9.80 Å². The second-order valence-electron chi connectivity index (χ2n) is 11.1. The minimum Gasteiger partial charge on any atom is -0.302 e. The van der Waals surface area contributed by atoms with Crippen LogP contribution in [0.1, 0.15) is 61.7 Å². The minimum absolute atomic E-state index is 0.0475. The van der Waals surface area contributed by atoms with Gasteiger partial charge in [0.15, 0.2) is 5.78 Å². The fourth-order valence-corrected chi connectivity index (χ4v) is 6.93. The number of carbonyl (C=O) groups excluding carboxylic acids is 1. The number of benzene rings is 1. The molecule has 1 aromatic carbocycles. The van der Waals surface area contributed by atoms with Crippen molar-refractivity contribution in [3.63, 3.8) is 0 Å². The van der Waals surface area contributed by atoms with E-state index in [-0.39, 0.29) is 17.4 Å². The van der Waals surface area contributed by atoms with E-state index in [1.54, 1.807) is 12.1 Å². The molecule has 2 saturated carbocycles. The Morgan fingerprint density at radius 1 is 0.781 bits per heavy atom. The Hall–Kier alpha value is -1.79. The van der Waals surface area contributed by atoms with Gasteiger partial charge in [0, 0.05) is 62.9 Å². The Morgan fingerprint density at radius 3 is 1.50 bits per heavy atom. The third-order valence-electron chi connectivity index (χ3n) is 8.69. The third kappa shape index (κ3) is 5.07. The van der Waals surface area contributed by atoms with E-state index in [0.29, 0.717) is 5.56 Å². The lowest BCUT2D eigenvalue weighted by molar-refractivity contribution is -0.384. The molecule has 0 aromatic heterocycles. The highest BCUT2D eigenvalue weighted by atomic mass is 16.6. The molecular weight excluding hydrogens is 402 g/mol. The number of nitro benzene ring substituents is 1. The summed E-state index contributed by atoms with van der Waals surface area (Å²) in [6.07, 6.45) is 10.8. The number of ketones is 1. The van der Waals surface area contributed by atoms with E-state index in [1.807, 2.05) is 0 Å². The van der Waals surface area contributed by atoms with E-state index in [2.05, 4.69) is 9.80 Å². The van der Waals surface area contributed by atoms with Gasteiger partial charge < -0.3 is 9.80 Å². The Balaban J connectivity index is 1.33. The van der Waals surface area contributed by atoms with Crippen molar-refractivity contribution in [3.05, 3.63) is 39.9 Å². The van der Waals surface area contributed by atoms with Gasteiger partial charge in [-0.1, -0.05) is 0 Å². The number of hydrogen-bond acceptors (Lipinski definition) is 5. The first-order chi connectivity index (χ1) is 15.5. The number of carbonyl (C=O) groups is 1. The molecule has 6 nitrogen and oxygen atoms in total. The molecule has 0 spiro atoms. The predicted octanol–water partition coefficient (Wildman–Crippen LogP) is 4.64. The summed E-state index contributed by atoms with van der Waals surface area (Å²) in [6.45, 7) is 6.18. The number of Topliss-reactive ketones (excluding diaryl/α,β-unsaturated/α-hetero) is 1. The van der Waals surface area contributed by atoms with Crippen LogP contribution in [0.5, 0.6) is 0 Å². The van der Waals surface area contributed by atoms with Crippen LogP contribution in [0.3, 0.4) is 0 Å². The summed E-state index contributed by atoms with van der Waals surface area (Å²) in [4.78, 5) is 29.5. The SMILES string of the molecule is O=C(c1ccc([N+](=O)[O-])cc1)C(CN1CC2CCC(CC2)C1)CN1CC2CCC(CC2)C1. The summed E-state index contributed by atoms with van der Waals surface area (Å²) >= 11 is 0. The molecule has 4 heterocycles. The van der Waals surface area contributed by atoms with Crippen molar-refractivity contribution in [2.24, 2.45) is 29.6 Å². The van der Waals surface area contributed by atoms with Crippen LogP contribution in [0.2, 0.25) is 0 Å². The van der Waals surface area contributed by atoms with Crippen molar-refractivity contribution >= 4 is 11.5 Å². The Labute approximate surface area is 191 Å². The van der Waals surface area contributed by atoms with Gasteiger partial charge in [0.05, 0.1) is 4.92 Å². The summed E-state index contributed by atoms with van der Waals surface area (Å²) < 4.78 is 0. The molecule has 4 aliphatic heterocycles. The van der Waals surface area contributed by atoms with E-state index >= 15 is 0 Å². The summed E-state index contributed by atoms with van der Waals surface area (Å²) in [5.41, 5.74) is 0.669. The van der Waals surface area contributed by atoms with Crippen LogP contribution in [0.25, 0.3) is 0 Å². The smallest absolute Gasteiger partial charge is 0.269 e. The van der Waals surface area contributed by atoms with Crippen LogP contribution >= 0.6 is 0 Å². The highest BCUT2D eigenvalue weighted by Gasteiger charge is 2.35. The van der Waals surface area contributed by atoms with Crippen LogP contribution < -0.4 is 0 Å². The third-order valence-corrected chi connectivity index (χ3v) is 8.69. The number of fused-ring (bicyclic) bond motifs is 8. The Morgan fingerprint density at radius 2 is 1.16 bits per heavy atom. The second-order valence-corrected chi connectivity index (χ2v) is 11.1. The van der Waals surface area contributed by atoms with Gasteiger partial charge in [-0.2, -0.15) is 0 Å². The number of nitrogens with zero attached hydrogens (tertiary/aromatic N) is 3. The molecule has 6 heteroatoms. The van der Waals surface area contributed by atoms with Crippen LogP contribution in [0, 0.1) is 39.7 Å². The summed E-state index contributed by atoms with van der Waals surface area (Å²) in [7, 11) is 0. The van der Waals surface area contributed by atoms with E-state index < -0.39 is 4.92 Å². The highest BCUT2D eigenvalue weighted by Crippen LogP contribution is 2.36. The zero-order valence-corrected chi connectivity index (χ0v) is 19.2. The predicted molar refractivity (Wildman–Crippen MR) is 125 cm³/mol. The quantitative estimate of drug-likeness (QED) is 0.352. The fraction of sp³-hybridized carbons (Fsp3) is 0.731. The van der Waals surface area contributed by atoms with E-state index in [1.165, 1.54) is 63.5 Å². The molecule has 0 atom stereocenters. The summed E-state index contributed by atoms with van der Waals surface area (Å²) in [5, 5.41) is 11.0. The summed E-state index contributed by atoms with van der Waals surface area (Å²) in [6, 6.07) is 6.27. The van der Waals surface area contributed by atoms with Crippen LogP contribution in [-0.2, 0) is 0 Å². The first kappa shape index (κ1) is 22.0. The van der Waals surface area contributed by atoms with Gasteiger partial charge in [0.2, 0.25) is 0 Å². The maximum Gasteiger partial charge on any atom is 0.269 e. The first-order valence-electron chi connectivity index (χ1n) is 12.8. The molecule has 1 aromatic rings. The number of nitro groups is 1. The van der Waals surface area contributed by atoms with Crippen LogP contribution in [-0.4, -0.2) is 59.8 Å². The maximum atomic E-state index is 13.7. The minimum atomic E-state index is -0.397. The molecule has 0 N–H and O–H groups in total. The molecule has 4 bridgehead atoms. The molecule has 2 aliphatic carbocycles. The molecule has 0 unspecified atom stereocenters. The zero-order valence-electron chi connectivity index (χ0n) is 19.2. The van der Waals surface area contributed by atoms with Crippen LogP contribution in [0.4, 0.5) is 5.69 Å². The lowest BCUT2D eigenvalue weighted by atomic mass is 9.84. The largest absolute Gasteiger partial charge is 0.302 e. The summed E-state index contributed by atoms with van der Waals surface area (Å²) in [5.74, 6) is 3.26. The molecular formula is C26H37N3O3. The van der Waals surface area contributed by atoms with E-state index in [4.69, 9.17) is 0 Å². The molecule has 32 heavy (non-hydrogen) atoms. The Bertz CT molecular complexity index is 748. The maximum absolute atomic E-state index is 13.7. The molecule has 0 amide bonds. The molecule has 7 rings (SSSR count). The topological polar surface area (TPSA) is 66.7 Å². The molecule has 174 valence electrons. The normalized spacial score (nSPS) is 31.8. The number of hydrogen-bond donors (Lipinski definition) is 0. The van der Waals surface area contributed by atoms with Gasteiger partial charge in [-0.15, -0.1) is 0 Å². The van der Waals surface area contributed by atoms with Gasteiger partial charge in [0.25, 0.3) is 5.69 Å². The zero-order chi connectivity index (χ0) is 22.1. The van der Waals surface area contributed by atoms with Crippen molar-refractivity contribution in [2.75, 3.05) is 39.3 Å². The van der Waals surface area contributed by atoms with E-state index in [0.717, 1.165) is 62.9 Å². The lowest BCUT2D eigenvalue weighted by Gasteiger charge is -2.31. The van der Waals surface area contributed by atoms with Gasteiger partial charge in [0.1, 0.15) is 0 Å². The average Bonchev–Trinajstić information content (AvgIpc) is 3.28. The van der Waals surface area contributed by atoms with Crippen molar-refractivity contribution in [3.8, 4) is 0 Å². The molecule has 4 saturated heterocycles. The molecule has 6 aliphatic rings. The number of non-ortho nitro benzene ring substituents is 1. The fourth-order valence-electron chi connectivity index (χ4n) is 6.93.